The van der Waals surface area contributed by atoms with Crippen molar-refractivity contribution in [2.24, 2.45) is 0 Å². The topological polar surface area (TPSA) is 130 Å². The number of rotatable bonds is 11. The van der Waals surface area contributed by atoms with Gasteiger partial charge in [0.05, 0.1) is 17.6 Å². The first-order valence-corrected chi connectivity index (χ1v) is 17.6. The van der Waals surface area contributed by atoms with Crippen molar-refractivity contribution in [3.8, 4) is 0 Å². The van der Waals surface area contributed by atoms with Gasteiger partial charge in [-0.05, 0) is 66.4 Å². The molecule has 270 valence electrons. The highest BCUT2D eigenvalue weighted by atomic mass is 35.5. The number of halogens is 5. The first kappa shape index (κ1) is 37.7. The summed E-state index contributed by atoms with van der Waals surface area (Å²) in [6.45, 7) is 0.926. The van der Waals surface area contributed by atoms with Crippen LogP contribution in [0, 0.1) is 5.82 Å². The van der Waals surface area contributed by atoms with Crippen molar-refractivity contribution in [1.82, 2.24) is 19.9 Å². The summed E-state index contributed by atoms with van der Waals surface area (Å²) in [5.74, 6) is -2.83. The molecule has 3 atom stereocenters. The average molecular weight is 748 g/mol. The van der Waals surface area contributed by atoms with Crippen molar-refractivity contribution in [3.63, 3.8) is 0 Å². The van der Waals surface area contributed by atoms with Crippen LogP contribution >= 0.6 is 11.6 Å². The van der Waals surface area contributed by atoms with E-state index in [-0.39, 0.29) is 41.1 Å². The van der Waals surface area contributed by atoms with Crippen LogP contribution in [-0.2, 0) is 32.2 Å². The Hall–Kier alpha value is -4.57. The van der Waals surface area contributed by atoms with Gasteiger partial charge >= 0.3 is 12.3 Å². The number of nitrogens with one attached hydrogen (secondary N) is 3. The van der Waals surface area contributed by atoms with Crippen molar-refractivity contribution in [3.05, 3.63) is 124 Å². The smallest absolute Gasteiger partial charge is 0.417 e. The maximum Gasteiger partial charge on any atom is 0.417 e. The molecule has 3 aromatic carbocycles. The summed E-state index contributed by atoms with van der Waals surface area (Å²) in [7, 11) is -2.81. The van der Waals surface area contributed by atoms with Crippen LogP contribution in [0.5, 0.6) is 0 Å². The number of benzene rings is 3. The number of nitrogens with zero attached hydrogens (tertiary/aromatic N) is 2. The van der Waals surface area contributed by atoms with Crippen molar-refractivity contribution >= 4 is 39.3 Å². The molecule has 1 saturated heterocycles. The first-order valence-electron chi connectivity index (χ1n) is 15.8. The summed E-state index contributed by atoms with van der Waals surface area (Å²) in [5.41, 5.74) is -0.748. The van der Waals surface area contributed by atoms with Gasteiger partial charge in [-0.1, -0.05) is 48.0 Å². The molecule has 2 heterocycles. The number of alkyl carbamates (subject to hydrolysis) is 1. The van der Waals surface area contributed by atoms with Crippen LogP contribution in [0.2, 0.25) is 5.02 Å². The lowest BCUT2D eigenvalue weighted by molar-refractivity contribution is -0.137. The number of anilines is 1. The first-order chi connectivity index (χ1) is 24.3. The predicted octanol–water partition coefficient (Wildman–Crippen LogP) is 5.98. The van der Waals surface area contributed by atoms with Gasteiger partial charge in [-0.3, -0.25) is 9.78 Å². The monoisotopic (exact) mass is 747 g/mol. The van der Waals surface area contributed by atoms with Crippen LogP contribution in [0.15, 0.2) is 96.2 Å². The maximum atomic E-state index is 15.5. The van der Waals surface area contributed by atoms with E-state index in [9.17, 15) is 31.2 Å². The van der Waals surface area contributed by atoms with Crippen LogP contribution in [0.25, 0.3) is 0 Å². The van der Waals surface area contributed by atoms with Gasteiger partial charge < -0.3 is 20.7 Å². The molecule has 1 aromatic heterocycles. The van der Waals surface area contributed by atoms with E-state index in [4.69, 9.17) is 16.3 Å². The molecule has 16 heteroatoms. The Labute approximate surface area is 297 Å². The van der Waals surface area contributed by atoms with Gasteiger partial charge in [0.15, 0.2) is 0 Å². The second-order valence-corrected chi connectivity index (χ2v) is 14.1. The third kappa shape index (κ3) is 9.03. The van der Waals surface area contributed by atoms with Gasteiger partial charge in [-0.15, -0.1) is 0 Å². The fourth-order valence-corrected chi connectivity index (χ4v) is 7.80. The molecule has 0 aliphatic carbocycles. The Kier molecular flexibility index (Phi) is 12.0. The van der Waals surface area contributed by atoms with E-state index in [0.29, 0.717) is 29.9 Å². The number of pyridine rings is 1. The number of piperazine rings is 1. The molecule has 1 aliphatic rings. The van der Waals surface area contributed by atoms with Crippen LogP contribution in [0.3, 0.4) is 0 Å². The summed E-state index contributed by atoms with van der Waals surface area (Å²) < 4.78 is 89.9. The van der Waals surface area contributed by atoms with Crippen LogP contribution in [0.4, 0.5) is 28.0 Å². The quantitative estimate of drug-likeness (QED) is 0.161. The highest BCUT2D eigenvalue weighted by Crippen LogP contribution is 2.35. The molecule has 0 bridgehead atoms. The molecule has 5 rings (SSSR count). The van der Waals surface area contributed by atoms with Crippen molar-refractivity contribution in [2.75, 3.05) is 32.1 Å². The predicted molar refractivity (Wildman–Crippen MR) is 182 cm³/mol. The van der Waals surface area contributed by atoms with E-state index in [1.165, 1.54) is 58.9 Å². The largest absolute Gasteiger partial charge is 0.453 e. The lowest BCUT2D eigenvalue weighted by Gasteiger charge is -2.35. The molecule has 4 aromatic rings. The van der Waals surface area contributed by atoms with Gasteiger partial charge in [-0.25, -0.2) is 17.6 Å². The highest BCUT2D eigenvalue weighted by Gasteiger charge is 2.37. The second kappa shape index (κ2) is 16.2. The van der Waals surface area contributed by atoms with E-state index in [2.05, 4.69) is 20.9 Å². The lowest BCUT2D eigenvalue weighted by atomic mass is 9.84. The average Bonchev–Trinajstić information content (AvgIpc) is 3.12. The van der Waals surface area contributed by atoms with Gasteiger partial charge in [0.2, 0.25) is 15.9 Å². The molecule has 1 aliphatic heterocycles. The number of hydrogen-bond acceptors (Lipinski definition) is 7. The number of carbonyl (C=O) groups excluding carboxylic acids is 2. The Morgan fingerprint density at radius 2 is 1.76 bits per heavy atom. The molecule has 0 radical (unpaired) electrons. The molecule has 2 amide bonds. The number of alkyl halides is 3. The third-order valence-corrected chi connectivity index (χ3v) is 10.7. The van der Waals surface area contributed by atoms with E-state index < -0.39 is 57.6 Å². The Morgan fingerprint density at radius 3 is 2.45 bits per heavy atom. The van der Waals surface area contributed by atoms with Crippen LogP contribution < -0.4 is 16.0 Å². The number of hydrogen-bond donors (Lipinski definition) is 3. The number of carbonyl (C=O) groups is 2. The number of sulfonamides is 1. The second-order valence-electron chi connectivity index (χ2n) is 11.7. The number of ether oxygens (including phenoxy) is 1. The molecular formula is C35H34ClF4N5O5S. The SMILES string of the molecule is COC(=O)NC(C(=O)Nc1cccc(F)c1CC[C@H]1CNCCN1S(=O)(=O)c1ccccc1)C(c1ccc(Cl)cc1)c1cncc(C(F)(F)F)c1. The van der Waals surface area contributed by atoms with Crippen molar-refractivity contribution in [2.45, 2.75) is 41.9 Å². The molecular weight excluding hydrogens is 714 g/mol. The summed E-state index contributed by atoms with van der Waals surface area (Å²) in [4.78, 5) is 30.6. The number of aromatic nitrogens is 1. The number of methoxy groups -OCH3 is 1. The van der Waals surface area contributed by atoms with E-state index >= 15 is 4.39 Å². The third-order valence-electron chi connectivity index (χ3n) is 8.50. The fraction of sp³-hybridized carbons (Fsp3) is 0.286. The van der Waals surface area contributed by atoms with Crippen LogP contribution in [-0.4, -0.2) is 68.5 Å². The van der Waals surface area contributed by atoms with E-state index in [0.717, 1.165) is 19.4 Å². The van der Waals surface area contributed by atoms with Gasteiger partial charge in [0.25, 0.3) is 0 Å². The Bertz CT molecular complexity index is 1950. The Morgan fingerprint density at radius 1 is 1.04 bits per heavy atom. The van der Waals surface area contributed by atoms with E-state index in [1.54, 1.807) is 18.2 Å². The minimum Gasteiger partial charge on any atom is -0.453 e. The summed E-state index contributed by atoms with van der Waals surface area (Å²) in [6.07, 6.45) is -3.86. The zero-order valence-electron chi connectivity index (χ0n) is 27.2. The molecule has 10 nitrogen and oxygen atoms in total. The summed E-state index contributed by atoms with van der Waals surface area (Å²) in [5, 5.41) is 8.56. The van der Waals surface area contributed by atoms with Gasteiger partial charge in [-0.2, -0.15) is 17.5 Å². The summed E-state index contributed by atoms with van der Waals surface area (Å²) in [6, 6.07) is 16.6. The fourth-order valence-electron chi connectivity index (χ4n) is 6.00. The highest BCUT2D eigenvalue weighted by molar-refractivity contribution is 7.89. The number of amides is 2. The normalized spacial score (nSPS) is 16.5. The molecule has 2 unspecified atom stereocenters. The minimum atomic E-state index is -4.76. The standard InChI is InChI=1S/C35H34ClF4N5O5S/c1-50-34(47)44-32(31(22-10-12-25(36)13-11-22)23-18-24(20-42-19-23)35(38,39)40)33(46)43-30-9-5-8-29(37)28(30)15-14-26-21-41-16-17-45(26)51(48,49)27-6-3-2-4-7-27/h2-13,18-20,26,31-32,41H,14-17,21H2,1H3,(H,43,46)(H,44,47)/t26-,31?,32?/m0/s1. The zero-order valence-corrected chi connectivity index (χ0v) is 28.7. The molecule has 0 saturated carbocycles. The molecule has 3 N–H and O–H groups in total. The summed E-state index contributed by atoms with van der Waals surface area (Å²) >= 11 is 6.08. The van der Waals surface area contributed by atoms with E-state index in [1.807, 2.05) is 0 Å². The van der Waals surface area contributed by atoms with Gasteiger partial charge in [0.1, 0.15) is 11.9 Å². The zero-order chi connectivity index (χ0) is 36.8. The molecule has 51 heavy (non-hydrogen) atoms. The minimum absolute atomic E-state index is 0.00268. The lowest BCUT2D eigenvalue weighted by Crippen LogP contribution is -2.53. The molecule has 0 spiro atoms. The molecule has 1 fully saturated rings. The van der Waals surface area contributed by atoms with Gasteiger partial charge in [0, 0.05) is 60.3 Å². The van der Waals surface area contributed by atoms with Crippen LogP contribution in [0.1, 0.15) is 34.6 Å². The van der Waals surface area contributed by atoms with Crippen molar-refractivity contribution in [1.29, 1.82) is 0 Å². The maximum absolute atomic E-state index is 15.5. The van der Waals surface area contributed by atoms with Crippen molar-refractivity contribution < 1.29 is 40.3 Å². The Balaban J connectivity index is 1.47.